The second-order valence-electron chi connectivity index (χ2n) is 4.37. The van der Waals surface area contributed by atoms with Gasteiger partial charge in [-0.05, 0) is 26.2 Å². The fourth-order valence-corrected chi connectivity index (χ4v) is 1.64. The fourth-order valence-electron chi connectivity index (χ4n) is 1.64. The standard InChI is InChI=1S/C10H22N2O/c1-7(9(3)13)4-10-6-11-8(2)5-12-10/h7-13H,4-6H2,1-3H3. The van der Waals surface area contributed by atoms with Gasteiger partial charge in [0.05, 0.1) is 6.10 Å². The summed E-state index contributed by atoms with van der Waals surface area (Å²) in [4.78, 5) is 0. The van der Waals surface area contributed by atoms with Crippen LogP contribution in [0.5, 0.6) is 0 Å². The lowest BCUT2D eigenvalue weighted by Crippen LogP contribution is -2.53. The van der Waals surface area contributed by atoms with Crippen molar-refractivity contribution in [2.24, 2.45) is 5.92 Å². The van der Waals surface area contributed by atoms with Gasteiger partial charge in [-0.2, -0.15) is 0 Å². The predicted molar refractivity (Wildman–Crippen MR) is 54.7 cm³/mol. The normalized spacial score (nSPS) is 34.2. The summed E-state index contributed by atoms with van der Waals surface area (Å²) in [7, 11) is 0. The third-order valence-corrected chi connectivity index (χ3v) is 2.91. The summed E-state index contributed by atoms with van der Waals surface area (Å²) in [6.07, 6.45) is 0.860. The molecule has 78 valence electrons. The molecular weight excluding hydrogens is 164 g/mol. The summed E-state index contributed by atoms with van der Waals surface area (Å²) in [6.45, 7) is 8.21. The maximum Gasteiger partial charge on any atom is 0.0538 e. The van der Waals surface area contributed by atoms with Crippen molar-refractivity contribution in [1.29, 1.82) is 0 Å². The largest absolute Gasteiger partial charge is 0.393 e. The van der Waals surface area contributed by atoms with Crippen LogP contribution in [0.4, 0.5) is 0 Å². The molecule has 4 unspecified atom stereocenters. The highest BCUT2D eigenvalue weighted by Gasteiger charge is 2.20. The monoisotopic (exact) mass is 186 g/mol. The molecule has 1 saturated heterocycles. The molecule has 0 aromatic rings. The van der Waals surface area contributed by atoms with Crippen LogP contribution in [0, 0.1) is 5.92 Å². The number of piperazine rings is 1. The van der Waals surface area contributed by atoms with E-state index in [9.17, 15) is 5.11 Å². The molecule has 0 aromatic heterocycles. The number of hydrogen-bond acceptors (Lipinski definition) is 3. The summed E-state index contributed by atoms with van der Waals surface area (Å²) < 4.78 is 0. The lowest BCUT2D eigenvalue weighted by molar-refractivity contribution is 0.119. The van der Waals surface area contributed by atoms with Gasteiger partial charge < -0.3 is 15.7 Å². The molecular formula is C10H22N2O. The maximum atomic E-state index is 9.36. The van der Waals surface area contributed by atoms with Crippen LogP contribution in [0.15, 0.2) is 0 Å². The zero-order valence-electron chi connectivity index (χ0n) is 8.88. The minimum atomic E-state index is -0.193. The smallest absolute Gasteiger partial charge is 0.0538 e. The first-order chi connectivity index (χ1) is 6.09. The van der Waals surface area contributed by atoms with Crippen molar-refractivity contribution < 1.29 is 5.11 Å². The Balaban J connectivity index is 2.22. The zero-order valence-corrected chi connectivity index (χ0v) is 8.88. The molecule has 3 nitrogen and oxygen atoms in total. The molecule has 1 rings (SSSR count). The molecule has 0 amide bonds. The second kappa shape index (κ2) is 4.94. The van der Waals surface area contributed by atoms with Gasteiger partial charge in [0.1, 0.15) is 0 Å². The Morgan fingerprint density at radius 3 is 2.46 bits per heavy atom. The van der Waals surface area contributed by atoms with Gasteiger partial charge in [0.2, 0.25) is 0 Å². The Morgan fingerprint density at radius 1 is 1.31 bits per heavy atom. The van der Waals surface area contributed by atoms with Gasteiger partial charge in [-0.3, -0.25) is 0 Å². The van der Waals surface area contributed by atoms with Gasteiger partial charge in [-0.1, -0.05) is 6.92 Å². The van der Waals surface area contributed by atoms with E-state index < -0.39 is 0 Å². The SMILES string of the molecule is CC1CNC(CC(C)C(C)O)CN1. The summed E-state index contributed by atoms with van der Waals surface area (Å²) in [5.41, 5.74) is 0. The molecule has 0 bridgehead atoms. The third kappa shape index (κ3) is 3.63. The summed E-state index contributed by atoms with van der Waals surface area (Å²) in [5.74, 6) is 0.382. The Morgan fingerprint density at radius 2 is 2.00 bits per heavy atom. The molecule has 0 radical (unpaired) electrons. The second-order valence-corrected chi connectivity index (χ2v) is 4.37. The molecule has 3 heteroatoms. The van der Waals surface area contributed by atoms with Crippen LogP contribution in [0.2, 0.25) is 0 Å². The highest BCUT2D eigenvalue weighted by molar-refractivity contribution is 4.82. The average Bonchev–Trinajstić information content (AvgIpc) is 2.08. The first-order valence-electron chi connectivity index (χ1n) is 5.24. The summed E-state index contributed by atoms with van der Waals surface area (Å²) in [6, 6.07) is 1.11. The predicted octanol–water partition coefficient (Wildman–Crippen LogP) is 0.343. The van der Waals surface area contributed by atoms with E-state index in [2.05, 4.69) is 24.5 Å². The van der Waals surface area contributed by atoms with Crippen molar-refractivity contribution in [1.82, 2.24) is 10.6 Å². The van der Waals surface area contributed by atoms with Crippen molar-refractivity contribution in [2.45, 2.75) is 45.4 Å². The van der Waals surface area contributed by atoms with E-state index in [1.165, 1.54) is 0 Å². The van der Waals surface area contributed by atoms with E-state index in [1.807, 2.05) is 6.92 Å². The molecule has 3 N–H and O–H groups in total. The van der Waals surface area contributed by atoms with Gasteiger partial charge in [0.15, 0.2) is 0 Å². The third-order valence-electron chi connectivity index (χ3n) is 2.91. The highest BCUT2D eigenvalue weighted by Crippen LogP contribution is 2.11. The fraction of sp³-hybridized carbons (Fsp3) is 1.00. The van der Waals surface area contributed by atoms with E-state index >= 15 is 0 Å². The number of rotatable bonds is 3. The molecule has 1 aliphatic rings. The van der Waals surface area contributed by atoms with Crippen LogP contribution in [0.1, 0.15) is 27.2 Å². The highest BCUT2D eigenvalue weighted by atomic mass is 16.3. The molecule has 1 aliphatic heterocycles. The van der Waals surface area contributed by atoms with Gasteiger partial charge in [-0.15, -0.1) is 0 Å². The van der Waals surface area contributed by atoms with Crippen LogP contribution in [0.25, 0.3) is 0 Å². The Hall–Kier alpha value is -0.120. The van der Waals surface area contributed by atoms with Crippen molar-refractivity contribution in [3.8, 4) is 0 Å². The van der Waals surface area contributed by atoms with Crippen LogP contribution >= 0.6 is 0 Å². The number of hydrogen-bond donors (Lipinski definition) is 3. The first kappa shape index (κ1) is 11.0. The molecule has 0 aromatic carbocycles. The van der Waals surface area contributed by atoms with Crippen LogP contribution in [0.3, 0.4) is 0 Å². The van der Waals surface area contributed by atoms with Crippen LogP contribution in [-0.4, -0.2) is 36.4 Å². The van der Waals surface area contributed by atoms with Gasteiger partial charge in [0.25, 0.3) is 0 Å². The van der Waals surface area contributed by atoms with Crippen molar-refractivity contribution in [3.63, 3.8) is 0 Å². The molecule has 1 fully saturated rings. The van der Waals surface area contributed by atoms with E-state index in [0.717, 1.165) is 19.5 Å². The van der Waals surface area contributed by atoms with E-state index in [1.54, 1.807) is 0 Å². The lowest BCUT2D eigenvalue weighted by Gasteiger charge is -2.31. The van der Waals surface area contributed by atoms with E-state index in [0.29, 0.717) is 18.0 Å². The Labute approximate surface area is 80.9 Å². The maximum absolute atomic E-state index is 9.36. The summed E-state index contributed by atoms with van der Waals surface area (Å²) in [5, 5.41) is 16.3. The lowest BCUT2D eigenvalue weighted by atomic mass is 9.96. The molecule has 0 spiro atoms. The molecule has 0 aliphatic carbocycles. The van der Waals surface area contributed by atoms with E-state index in [4.69, 9.17) is 0 Å². The average molecular weight is 186 g/mol. The number of nitrogens with one attached hydrogen (secondary N) is 2. The Bertz CT molecular complexity index is 142. The van der Waals surface area contributed by atoms with Crippen molar-refractivity contribution in [3.05, 3.63) is 0 Å². The molecule has 0 saturated carbocycles. The Kier molecular flexibility index (Phi) is 4.16. The molecule has 4 atom stereocenters. The van der Waals surface area contributed by atoms with Gasteiger partial charge >= 0.3 is 0 Å². The zero-order chi connectivity index (χ0) is 9.84. The van der Waals surface area contributed by atoms with Crippen molar-refractivity contribution >= 4 is 0 Å². The molecule has 1 heterocycles. The minimum absolute atomic E-state index is 0.193. The first-order valence-corrected chi connectivity index (χ1v) is 5.24. The van der Waals surface area contributed by atoms with E-state index in [-0.39, 0.29) is 6.10 Å². The number of aliphatic hydroxyl groups is 1. The van der Waals surface area contributed by atoms with Crippen LogP contribution < -0.4 is 10.6 Å². The van der Waals surface area contributed by atoms with Gasteiger partial charge in [-0.25, -0.2) is 0 Å². The van der Waals surface area contributed by atoms with Crippen molar-refractivity contribution in [2.75, 3.05) is 13.1 Å². The summed E-state index contributed by atoms with van der Waals surface area (Å²) >= 11 is 0. The van der Waals surface area contributed by atoms with Crippen LogP contribution in [-0.2, 0) is 0 Å². The van der Waals surface area contributed by atoms with Gasteiger partial charge in [0, 0.05) is 25.2 Å². The number of aliphatic hydroxyl groups excluding tert-OH is 1. The molecule has 13 heavy (non-hydrogen) atoms. The minimum Gasteiger partial charge on any atom is -0.393 e. The topological polar surface area (TPSA) is 44.3 Å². The quantitative estimate of drug-likeness (QED) is 0.595.